The van der Waals surface area contributed by atoms with E-state index >= 15 is 0 Å². The minimum absolute atomic E-state index is 0.153. The number of rotatable bonds is 3. The van der Waals surface area contributed by atoms with Crippen LogP contribution in [0.25, 0.3) is 10.2 Å². The molecular formula is C19H24Cl2FN3OS. The first-order valence-corrected chi connectivity index (χ1v) is 10.6. The van der Waals surface area contributed by atoms with Crippen molar-refractivity contribution >= 4 is 50.4 Å². The molecule has 148 valence electrons. The predicted molar refractivity (Wildman–Crippen MR) is 114 cm³/mol. The lowest BCUT2D eigenvalue weighted by Gasteiger charge is -2.06. The van der Waals surface area contributed by atoms with Gasteiger partial charge in [-0.25, -0.2) is 9.37 Å². The second-order valence-corrected chi connectivity index (χ2v) is 7.47. The van der Waals surface area contributed by atoms with Crippen molar-refractivity contribution in [1.82, 2.24) is 4.98 Å². The third kappa shape index (κ3) is 6.07. The maximum absolute atomic E-state index is 12.2. The maximum atomic E-state index is 12.2. The Kier molecular flexibility index (Phi) is 8.83. The van der Waals surface area contributed by atoms with E-state index in [9.17, 15) is 4.39 Å². The van der Waals surface area contributed by atoms with Gasteiger partial charge in [0.05, 0.1) is 28.2 Å². The Labute approximate surface area is 172 Å². The summed E-state index contributed by atoms with van der Waals surface area (Å²) in [6.45, 7) is 4.60. The van der Waals surface area contributed by atoms with E-state index in [-0.39, 0.29) is 6.04 Å². The molecule has 2 atom stereocenters. The average molecular weight is 432 g/mol. The highest BCUT2D eigenvalue weighted by Gasteiger charge is 2.22. The van der Waals surface area contributed by atoms with Gasteiger partial charge in [0, 0.05) is 17.5 Å². The van der Waals surface area contributed by atoms with E-state index in [1.54, 1.807) is 23.7 Å². The summed E-state index contributed by atoms with van der Waals surface area (Å²) in [6.07, 6.45) is 3.47. The van der Waals surface area contributed by atoms with Gasteiger partial charge >= 0.3 is 0 Å². The molecule has 0 bridgehead atoms. The Morgan fingerprint density at radius 3 is 2.70 bits per heavy atom. The first-order valence-electron chi connectivity index (χ1n) is 8.93. The van der Waals surface area contributed by atoms with Crippen LogP contribution in [0.4, 0.5) is 10.1 Å². The van der Waals surface area contributed by atoms with Gasteiger partial charge in [-0.2, -0.15) is 0 Å². The lowest BCUT2D eigenvalue weighted by molar-refractivity contribution is 0.312. The molecule has 0 spiro atoms. The number of aromatic nitrogens is 1. The van der Waals surface area contributed by atoms with E-state index in [4.69, 9.17) is 33.4 Å². The van der Waals surface area contributed by atoms with Crippen LogP contribution in [0.15, 0.2) is 34.3 Å². The first kappa shape index (κ1) is 22.0. The number of thiophene rings is 1. The molecule has 3 heterocycles. The summed E-state index contributed by atoms with van der Waals surface area (Å²) < 4.78 is 18.5. The van der Waals surface area contributed by atoms with Crippen molar-refractivity contribution in [2.75, 3.05) is 5.32 Å². The van der Waals surface area contributed by atoms with Crippen LogP contribution in [0.1, 0.15) is 38.9 Å². The van der Waals surface area contributed by atoms with Gasteiger partial charge in [-0.05, 0) is 31.4 Å². The molecule has 8 heteroatoms. The number of anilines is 1. The van der Waals surface area contributed by atoms with Crippen molar-refractivity contribution in [1.29, 1.82) is 0 Å². The van der Waals surface area contributed by atoms with Gasteiger partial charge in [0.15, 0.2) is 0 Å². The van der Waals surface area contributed by atoms with Crippen LogP contribution in [-0.4, -0.2) is 17.2 Å². The zero-order valence-corrected chi connectivity index (χ0v) is 17.7. The lowest BCUT2D eigenvalue weighted by Crippen LogP contribution is -2.24. The molecule has 1 unspecified atom stereocenters. The molecule has 3 aromatic heterocycles. The topological polar surface area (TPSA) is 64.1 Å². The van der Waals surface area contributed by atoms with Crippen molar-refractivity contribution in [3.8, 4) is 0 Å². The quantitative estimate of drug-likeness (QED) is 0.454. The zero-order valence-electron chi connectivity index (χ0n) is 15.3. The number of nitrogens with one attached hydrogen (secondary N) is 1. The number of nitrogens with two attached hydrogens (primary N) is 1. The van der Waals surface area contributed by atoms with Gasteiger partial charge in [0.25, 0.3) is 0 Å². The van der Waals surface area contributed by atoms with E-state index in [2.05, 4.69) is 10.3 Å². The first-order chi connectivity index (χ1) is 13.0. The summed E-state index contributed by atoms with van der Waals surface area (Å²) in [7, 11) is 0. The summed E-state index contributed by atoms with van der Waals surface area (Å²) >= 11 is 13.6. The fourth-order valence-corrected chi connectivity index (χ4v) is 4.00. The highest BCUT2D eigenvalue weighted by molar-refractivity contribution is 7.18. The van der Waals surface area contributed by atoms with Crippen molar-refractivity contribution in [2.24, 2.45) is 5.73 Å². The Balaban J connectivity index is 0.000000244. The summed E-state index contributed by atoms with van der Waals surface area (Å²) in [5.41, 5.74) is 6.95. The van der Waals surface area contributed by atoms with E-state index in [0.29, 0.717) is 23.1 Å². The van der Waals surface area contributed by atoms with Crippen LogP contribution < -0.4 is 11.1 Å². The van der Waals surface area contributed by atoms with Crippen LogP contribution in [-0.2, 0) is 6.54 Å². The monoisotopic (exact) mass is 431 g/mol. The molecule has 4 rings (SSSR count). The molecule has 1 aliphatic rings. The molecule has 0 amide bonds. The summed E-state index contributed by atoms with van der Waals surface area (Å²) in [5.74, 6) is 0.860. The third-order valence-corrected chi connectivity index (χ3v) is 5.58. The van der Waals surface area contributed by atoms with Gasteiger partial charge < -0.3 is 15.5 Å². The Morgan fingerprint density at radius 2 is 2.15 bits per heavy atom. The Bertz CT molecular complexity index is 818. The highest BCUT2D eigenvalue weighted by Crippen LogP contribution is 2.35. The second-order valence-electron chi connectivity index (χ2n) is 5.80. The summed E-state index contributed by atoms with van der Waals surface area (Å²) in [5, 5.41) is 6.18. The molecule has 3 N–H and O–H groups in total. The number of hydrogen-bond donors (Lipinski definition) is 2. The summed E-state index contributed by atoms with van der Waals surface area (Å²) in [6, 6.07) is 5.40. The molecule has 3 aromatic rings. The molecule has 1 fully saturated rings. The number of halogens is 3. The number of furan rings is 1. The normalized spacial score (nSPS) is 18.4. The minimum atomic E-state index is -0.708. The molecule has 27 heavy (non-hydrogen) atoms. The summed E-state index contributed by atoms with van der Waals surface area (Å²) in [4.78, 5) is 4.22. The van der Waals surface area contributed by atoms with Crippen molar-refractivity contribution in [3.05, 3.63) is 45.8 Å². The number of nitrogens with zero attached hydrogens (tertiary/aromatic N) is 1. The molecule has 0 aromatic carbocycles. The number of hydrogen-bond acceptors (Lipinski definition) is 5. The van der Waals surface area contributed by atoms with E-state index in [1.807, 2.05) is 31.4 Å². The van der Waals surface area contributed by atoms with Crippen molar-refractivity contribution < 1.29 is 8.81 Å². The molecule has 4 nitrogen and oxygen atoms in total. The SMILES string of the molecule is CC.Clc1cc(NCc2ccco2)c2scc(Cl)c2n1.NC1CCC[C@H]1F. The van der Waals surface area contributed by atoms with Crippen LogP contribution >= 0.6 is 34.5 Å². The highest BCUT2D eigenvalue weighted by atomic mass is 35.5. The van der Waals surface area contributed by atoms with E-state index in [0.717, 1.165) is 34.5 Å². The number of alkyl halides is 1. The van der Waals surface area contributed by atoms with Crippen molar-refractivity contribution in [2.45, 2.75) is 51.9 Å². The minimum Gasteiger partial charge on any atom is -0.467 e. The Morgan fingerprint density at radius 1 is 1.37 bits per heavy atom. The van der Waals surface area contributed by atoms with Gasteiger partial charge in [-0.15, -0.1) is 11.3 Å². The fraction of sp³-hybridized carbons (Fsp3) is 0.421. The van der Waals surface area contributed by atoms with Gasteiger partial charge in [-0.3, -0.25) is 0 Å². The van der Waals surface area contributed by atoms with Gasteiger partial charge in [0.1, 0.15) is 22.6 Å². The Hall–Kier alpha value is -1.34. The lowest BCUT2D eigenvalue weighted by atomic mass is 10.2. The van der Waals surface area contributed by atoms with Gasteiger partial charge in [0.2, 0.25) is 0 Å². The molecule has 0 saturated heterocycles. The molecule has 1 saturated carbocycles. The largest absolute Gasteiger partial charge is 0.467 e. The van der Waals surface area contributed by atoms with Crippen LogP contribution in [0.3, 0.4) is 0 Å². The molecule has 1 aliphatic carbocycles. The zero-order chi connectivity index (χ0) is 19.8. The maximum Gasteiger partial charge on any atom is 0.131 e. The molecular weight excluding hydrogens is 408 g/mol. The molecule has 0 radical (unpaired) electrons. The standard InChI is InChI=1S/C12H8Cl2N2OS.C5H10FN.C2H6/c13-8-6-18-12-9(4-10(14)16-11(8)12)15-5-7-2-1-3-17-7;6-4-2-1-3-5(4)7;1-2/h1-4,6H,5H2,(H,15,16);4-5H,1-3,7H2;1-2H3/t;4-,5?;/m.1./s1. The molecule has 0 aliphatic heterocycles. The number of fused-ring (bicyclic) bond motifs is 1. The van der Waals surface area contributed by atoms with Crippen LogP contribution in [0, 0.1) is 0 Å². The average Bonchev–Trinajstić information content (AvgIpc) is 3.40. The second kappa shape index (κ2) is 10.9. The van der Waals surface area contributed by atoms with Gasteiger partial charge in [-0.1, -0.05) is 37.0 Å². The van der Waals surface area contributed by atoms with Crippen LogP contribution in [0.5, 0.6) is 0 Å². The predicted octanol–water partition coefficient (Wildman–Crippen LogP) is 6.67. The van der Waals surface area contributed by atoms with E-state index in [1.165, 1.54) is 0 Å². The van der Waals surface area contributed by atoms with E-state index < -0.39 is 6.17 Å². The van der Waals surface area contributed by atoms with Crippen molar-refractivity contribution in [3.63, 3.8) is 0 Å². The fourth-order valence-electron chi connectivity index (χ4n) is 2.62. The number of pyridine rings is 1. The third-order valence-electron chi connectivity index (χ3n) is 3.96. The smallest absolute Gasteiger partial charge is 0.131 e. The van der Waals surface area contributed by atoms with Crippen LogP contribution in [0.2, 0.25) is 10.2 Å².